The van der Waals surface area contributed by atoms with E-state index in [0.29, 0.717) is 10.5 Å². The second-order valence-corrected chi connectivity index (χ2v) is 8.23. The van der Waals surface area contributed by atoms with Crippen molar-refractivity contribution in [3.8, 4) is 0 Å². The van der Waals surface area contributed by atoms with E-state index in [1.807, 2.05) is 12.1 Å². The lowest BCUT2D eigenvalue weighted by atomic mass is 9.89. The van der Waals surface area contributed by atoms with E-state index in [1.165, 1.54) is 0 Å². The lowest BCUT2D eigenvalue weighted by Gasteiger charge is -2.30. The molecular weight excluding hydrogens is 286 g/mol. The van der Waals surface area contributed by atoms with Crippen LogP contribution in [0.4, 0.5) is 0 Å². The highest BCUT2D eigenvalue weighted by Gasteiger charge is 2.42. The van der Waals surface area contributed by atoms with Crippen molar-refractivity contribution in [1.29, 1.82) is 0 Å². The van der Waals surface area contributed by atoms with Crippen LogP contribution < -0.4 is 0 Å². The van der Waals surface area contributed by atoms with E-state index in [1.54, 1.807) is 18.2 Å². The fourth-order valence-corrected chi connectivity index (χ4v) is 5.59. The average molecular weight is 305 g/mol. The molecule has 5 heteroatoms. The third-order valence-electron chi connectivity index (χ3n) is 4.88. The highest BCUT2D eigenvalue weighted by Crippen LogP contribution is 2.45. The molecule has 1 aromatic rings. The summed E-state index contributed by atoms with van der Waals surface area (Å²) in [6.07, 6.45) is 7.48. The van der Waals surface area contributed by atoms with Crippen LogP contribution in [0.25, 0.3) is 0 Å². The molecule has 0 unspecified atom stereocenters. The monoisotopic (exact) mass is 305 g/mol. The van der Waals surface area contributed by atoms with Gasteiger partial charge in [0.25, 0.3) is 0 Å². The molecule has 21 heavy (non-hydrogen) atoms. The zero-order valence-corrected chi connectivity index (χ0v) is 12.7. The molecule has 2 saturated carbocycles. The molecule has 2 fully saturated rings. The molecule has 0 atom stereocenters. The third-order valence-corrected chi connectivity index (χ3v) is 7.19. The van der Waals surface area contributed by atoms with Crippen molar-refractivity contribution >= 4 is 15.9 Å². The normalized spacial score (nSPS) is 21.5. The molecule has 0 aromatic heterocycles. The van der Waals surface area contributed by atoms with Gasteiger partial charge in [-0.1, -0.05) is 37.5 Å². The molecule has 0 radical (unpaired) electrons. The molecule has 0 heterocycles. The van der Waals surface area contributed by atoms with Gasteiger partial charge in [-0.05, 0) is 37.3 Å². The molecule has 0 saturated heterocycles. The predicted molar refractivity (Wildman–Crippen MR) is 79.5 cm³/mol. The molecule has 2 aliphatic carbocycles. The van der Waals surface area contributed by atoms with E-state index < -0.39 is 15.4 Å². The predicted octanol–water partition coefficient (Wildman–Crippen LogP) is 3.12. The Bertz CT molecular complexity index is 679. The summed E-state index contributed by atoms with van der Waals surface area (Å²) >= 11 is 0. The molecule has 0 bridgehead atoms. The quantitative estimate of drug-likeness (QED) is 0.634. The first kappa shape index (κ1) is 14.5. The number of isocyanates is 1. The van der Waals surface area contributed by atoms with Crippen molar-refractivity contribution < 1.29 is 13.2 Å². The highest BCUT2D eigenvalue weighted by molar-refractivity contribution is 7.92. The standard InChI is InChI=1S/C16H19NO3S/c18-12-17-16(10-3-4-11-16)14-8-1-2-9-15(14)21(19,20)13-6-5-7-13/h1-2,8-9,13H,3-7,10-11H2. The second kappa shape index (κ2) is 5.39. The summed E-state index contributed by atoms with van der Waals surface area (Å²) in [7, 11) is -3.32. The zero-order chi connectivity index (χ0) is 14.9. The van der Waals surface area contributed by atoms with Gasteiger partial charge < -0.3 is 0 Å². The second-order valence-electron chi connectivity index (χ2n) is 6.04. The Hall–Kier alpha value is -1.45. The SMILES string of the molecule is O=C=NC1(c2ccccc2S(=O)(=O)C2CCC2)CCCC1. The van der Waals surface area contributed by atoms with Gasteiger partial charge in [0.15, 0.2) is 9.84 Å². The van der Waals surface area contributed by atoms with Crippen LogP contribution in [-0.2, 0) is 20.2 Å². The minimum absolute atomic E-state index is 0.266. The minimum Gasteiger partial charge on any atom is -0.223 e. The first-order valence-corrected chi connectivity index (χ1v) is 9.07. The number of hydrogen-bond acceptors (Lipinski definition) is 4. The van der Waals surface area contributed by atoms with Crippen LogP contribution in [0.5, 0.6) is 0 Å². The van der Waals surface area contributed by atoms with Crippen LogP contribution in [0, 0.1) is 0 Å². The van der Waals surface area contributed by atoms with E-state index in [9.17, 15) is 13.2 Å². The lowest BCUT2D eigenvalue weighted by Crippen LogP contribution is -2.31. The maximum absolute atomic E-state index is 12.8. The smallest absolute Gasteiger partial charge is 0.223 e. The fourth-order valence-electron chi connectivity index (χ4n) is 3.45. The van der Waals surface area contributed by atoms with Crippen LogP contribution in [0.3, 0.4) is 0 Å². The van der Waals surface area contributed by atoms with Crippen LogP contribution in [-0.4, -0.2) is 19.7 Å². The molecule has 2 aliphatic rings. The van der Waals surface area contributed by atoms with Gasteiger partial charge in [-0.3, -0.25) is 0 Å². The van der Waals surface area contributed by atoms with Crippen LogP contribution >= 0.6 is 0 Å². The number of hydrogen-bond donors (Lipinski definition) is 0. The number of carbonyl (C=O) groups excluding carboxylic acids is 1. The number of aliphatic imine (C=N–C) groups is 1. The molecule has 1 aromatic carbocycles. The van der Waals surface area contributed by atoms with E-state index in [4.69, 9.17) is 0 Å². The Labute approximate surface area is 125 Å². The average Bonchev–Trinajstić information content (AvgIpc) is 2.86. The fraction of sp³-hybridized carbons (Fsp3) is 0.562. The molecule has 0 amide bonds. The van der Waals surface area contributed by atoms with Crippen molar-refractivity contribution in [3.05, 3.63) is 29.8 Å². The van der Waals surface area contributed by atoms with Gasteiger partial charge in [-0.15, -0.1) is 0 Å². The number of nitrogens with zero attached hydrogens (tertiary/aromatic N) is 1. The third kappa shape index (κ3) is 2.34. The summed E-state index contributed by atoms with van der Waals surface area (Å²) in [6.45, 7) is 0. The largest absolute Gasteiger partial charge is 0.235 e. The molecule has 112 valence electrons. The molecule has 4 nitrogen and oxygen atoms in total. The molecule has 0 aliphatic heterocycles. The summed E-state index contributed by atoms with van der Waals surface area (Å²) in [5, 5.41) is -0.266. The number of benzene rings is 1. The Morgan fingerprint density at radius 1 is 1.10 bits per heavy atom. The Morgan fingerprint density at radius 2 is 1.76 bits per heavy atom. The topological polar surface area (TPSA) is 63.6 Å². The van der Waals surface area contributed by atoms with Crippen LogP contribution in [0.1, 0.15) is 50.5 Å². The van der Waals surface area contributed by atoms with Gasteiger partial charge >= 0.3 is 0 Å². The van der Waals surface area contributed by atoms with Crippen molar-refractivity contribution in [1.82, 2.24) is 0 Å². The lowest BCUT2D eigenvalue weighted by molar-refractivity contribution is 0.441. The summed E-state index contributed by atoms with van der Waals surface area (Å²) in [5.74, 6) is 0. The van der Waals surface area contributed by atoms with Crippen molar-refractivity contribution in [2.45, 2.75) is 60.6 Å². The summed E-state index contributed by atoms with van der Waals surface area (Å²) in [4.78, 5) is 15.3. The summed E-state index contributed by atoms with van der Waals surface area (Å²) in [5.41, 5.74) is 0.00700. The molecule has 0 N–H and O–H groups in total. The van der Waals surface area contributed by atoms with Crippen molar-refractivity contribution in [2.75, 3.05) is 0 Å². The maximum atomic E-state index is 12.8. The maximum Gasteiger partial charge on any atom is 0.235 e. The van der Waals surface area contributed by atoms with Gasteiger partial charge in [0.05, 0.1) is 15.7 Å². The van der Waals surface area contributed by atoms with Gasteiger partial charge in [-0.2, -0.15) is 4.99 Å². The van der Waals surface area contributed by atoms with E-state index >= 15 is 0 Å². The van der Waals surface area contributed by atoms with E-state index in [-0.39, 0.29) is 5.25 Å². The number of sulfone groups is 1. The zero-order valence-electron chi connectivity index (χ0n) is 11.9. The Morgan fingerprint density at radius 3 is 2.33 bits per heavy atom. The highest BCUT2D eigenvalue weighted by atomic mass is 32.2. The molecular formula is C16H19NO3S. The summed E-state index contributed by atoms with van der Waals surface area (Å²) < 4.78 is 25.6. The van der Waals surface area contributed by atoms with Crippen molar-refractivity contribution in [2.24, 2.45) is 4.99 Å². The van der Waals surface area contributed by atoms with Gasteiger partial charge in [0.2, 0.25) is 6.08 Å². The Kier molecular flexibility index (Phi) is 3.72. The Balaban J connectivity index is 2.13. The number of rotatable bonds is 4. The van der Waals surface area contributed by atoms with E-state index in [2.05, 4.69) is 4.99 Å². The van der Waals surface area contributed by atoms with Gasteiger partial charge in [0, 0.05) is 0 Å². The van der Waals surface area contributed by atoms with E-state index in [0.717, 1.165) is 44.9 Å². The minimum atomic E-state index is -3.32. The van der Waals surface area contributed by atoms with Crippen molar-refractivity contribution in [3.63, 3.8) is 0 Å². The van der Waals surface area contributed by atoms with Crippen LogP contribution in [0.15, 0.2) is 34.2 Å². The first-order valence-electron chi connectivity index (χ1n) is 7.53. The first-order chi connectivity index (χ1) is 10.1. The summed E-state index contributed by atoms with van der Waals surface area (Å²) in [6, 6.07) is 7.07. The molecule has 0 spiro atoms. The molecule has 3 rings (SSSR count). The van der Waals surface area contributed by atoms with Gasteiger partial charge in [0.1, 0.15) is 0 Å². The van der Waals surface area contributed by atoms with Gasteiger partial charge in [-0.25, -0.2) is 13.2 Å². The van der Waals surface area contributed by atoms with Crippen LogP contribution in [0.2, 0.25) is 0 Å².